The van der Waals surface area contributed by atoms with Crippen LogP contribution in [-0.2, 0) is 6.18 Å². The summed E-state index contributed by atoms with van der Waals surface area (Å²) in [5.74, 6) is 0. The molecule has 27 heavy (non-hydrogen) atoms. The minimum atomic E-state index is -4.83. The quantitative estimate of drug-likeness (QED) is 0.661. The van der Waals surface area contributed by atoms with Crippen LogP contribution in [0, 0.1) is 0 Å². The summed E-state index contributed by atoms with van der Waals surface area (Å²) in [4.78, 5) is 6.70. The van der Waals surface area contributed by atoms with Gasteiger partial charge in [0, 0.05) is 23.8 Å². The van der Waals surface area contributed by atoms with Gasteiger partial charge in [-0.05, 0) is 31.0 Å². The van der Waals surface area contributed by atoms with E-state index in [1.165, 1.54) is 13.0 Å². The van der Waals surface area contributed by atoms with Crippen LogP contribution in [0.2, 0.25) is 0 Å². The number of pyridine rings is 1. The maximum absolute atomic E-state index is 13.4. The molecule has 0 saturated heterocycles. The molecule has 3 rings (SSSR count). The number of hydrogen-bond donors (Lipinski definition) is 3. The molecule has 0 aliphatic carbocycles. The van der Waals surface area contributed by atoms with E-state index in [1.54, 1.807) is 0 Å². The van der Waals surface area contributed by atoms with E-state index in [9.17, 15) is 26.3 Å². The number of hydrogen-bond acceptors (Lipinski definition) is 3. The van der Waals surface area contributed by atoms with Gasteiger partial charge < -0.3 is 15.6 Å². The molecule has 0 bridgehead atoms. The molecular formula is C17H18F6N4. The first-order chi connectivity index (χ1) is 12.6. The Morgan fingerprint density at radius 1 is 1.22 bits per heavy atom. The van der Waals surface area contributed by atoms with E-state index in [0.717, 1.165) is 5.57 Å². The van der Waals surface area contributed by atoms with E-state index in [0.29, 0.717) is 31.4 Å². The van der Waals surface area contributed by atoms with Gasteiger partial charge in [0.15, 0.2) is 0 Å². The molecule has 0 unspecified atom stereocenters. The summed E-state index contributed by atoms with van der Waals surface area (Å²) in [6, 6.07) is -0.666. The van der Waals surface area contributed by atoms with E-state index >= 15 is 0 Å². The zero-order chi connectivity index (χ0) is 19.8. The average Bonchev–Trinajstić information content (AvgIpc) is 3.02. The fraction of sp³-hybridized carbons (Fsp3) is 0.471. The average molecular weight is 392 g/mol. The Hall–Kier alpha value is -2.23. The van der Waals surface area contributed by atoms with Gasteiger partial charge in [-0.1, -0.05) is 13.0 Å². The molecule has 2 aromatic heterocycles. The van der Waals surface area contributed by atoms with Gasteiger partial charge in [0.2, 0.25) is 0 Å². The summed E-state index contributed by atoms with van der Waals surface area (Å²) in [6.45, 7) is 2.59. The van der Waals surface area contributed by atoms with Crippen molar-refractivity contribution in [1.29, 1.82) is 0 Å². The number of nitrogens with one attached hydrogen (secondary N) is 3. The van der Waals surface area contributed by atoms with Crippen molar-refractivity contribution in [3.05, 3.63) is 29.6 Å². The molecule has 0 radical (unpaired) electrons. The Bertz CT molecular complexity index is 849. The smallest absolute Gasteiger partial charge is 0.373 e. The molecule has 1 aliphatic heterocycles. The van der Waals surface area contributed by atoms with E-state index in [1.807, 2.05) is 6.08 Å². The second kappa shape index (κ2) is 7.06. The van der Waals surface area contributed by atoms with E-state index in [4.69, 9.17) is 0 Å². The van der Waals surface area contributed by atoms with Gasteiger partial charge >= 0.3 is 12.4 Å². The van der Waals surface area contributed by atoms with Crippen LogP contribution in [0.1, 0.15) is 31.0 Å². The van der Waals surface area contributed by atoms with Gasteiger partial charge in [0.25, 0.3) is 0 Å². The molecule has 148 valence electrons. The van der Waals surface area contributed by atoms with Crippen molar-refractivity contribution < 1.29 is 26.3 Å². The molecular weight excluding hydrogens is 374 g/mol. The molecule has 0 fully saturated rings. The van der Waals surface area contributed by atoms with Crippen molar-refractivity contribution >= 4 is 22.3 Å². The first-order valence-electron chi connectivity index (χ1n) is 8.43. The number of aromatic amines is 1. The van der Waals surface area contributed by atoms with Gasteiger partial charge in [0.05, 0.1) is 11.3 Å². The molecule has 2 aromatic rings. The zero-order valence-electron chi connectivity index (χ0n) is 14.4. The Morgan fingerprint density at radius 2 is 1.96 bits per heavy atom. The summed E-state index contributed by atoms with van der Waals surface area (Å²) in [5.41, 5.74) is -0.274. The fourth-order valence-corrected chi connectivity index (χ4v) is 3.07. The van der Waals surface area contributed by atoms with Crippen molar-refractivity contribution in [2.45, 2.75) is 38.2 Å². The van der Waals surface area contributed by atoms with Crippen molar-refractivity contribution in [1.82, 2.24) is 15.3 Å². The number of aromatic nitrogens is 2. The summed E-state index contributed by atoms with van der Waals surface area (Å²) in [7, 11) is 0. The lowest BCUT2D eigenvalue weighted by Gasteiger charge is -2.24. The van der Waals surface area contributed by atoms with Crippen LogP contribution in [0.5, 0.6) is 0 Å². The van der Waals surface area contributed by atoms with Gasteiger partial charge in [-0.15, -0.1) is 0 Å². The predicted octanol–water partition coefficient (Wildman–Crippen LogP) is 4.71. The number of H-pyrrole nitrogens is 1. The number of anilines is 1. The molecule has 0 saturated carbocycles. The maximum atomic E-state index is 13.4. The third-order valence-corrected chi connectivity index (χ3v) is 4.50. The molecule has 3 heterocycles. The van der Waals surface area contributed by atoms with Crippen molar-refractivity contribution in [2.75, 3.05) is 18.4 Å². The Balaban J connectivity index is 2.14. The maximum Gasteiger partial charge on any atom is 0.419 e. The van der Waals surface area contributed by atoms with Crippen LogP contribution >= 0.6 is 0 Å². The molecule has 0 spiro atoms. The third-order valence-electron chi connectivity index (χ3n) is 4.50. The van der Waals surface area contributed by atoms with E-state index in [-0.39, 0.29) is 11.0 Å². The number of nitrogens with zero attached hydrogens (tertiary/aromatic N) is 1. The first-order valence-corrected chi connectivity index (χ1v) is 8.43. The Kier molecular flexibility index (Phi) is 5.11. The highest BCUT2D eigenvalue weighted by Gasteiger charge is 2.41. The highest BCUT2D eigenvalue weighted by atomic mass is 19.4. The van der Waals surface area contributed by atoms with Crippen molar-refractivity contribution in [2.24, 2.45) is 0 Å². The first kappa shape index (κ1) is 19.5. The zero-order valence-corrected chi connectivity index (χ0v) is 14.4. The van der Waals surface area contributed by atoms with E-state index < -0.39 is 36.1 Å². The highest BCUT2D eigenvalue weighted by molar-refractivity contribution is 5.94. The van der Waals surface area contributed by atoms with Crippen LogP contribution < -0.4 is 10.6 Å². The monoisotopic (exact) mass is 392 g/mol. The molecule has 3 N–H and O–H groups in total. The van der Waals surface area contributed by atoms with Gasteiger partial charge in [-0.3, -0.25) is 0 Å². The molecule has 1 aliphatic rings. The number of alkyl halides is 6. The standard InChI is InChI=1S/C17H18F6N4/c1-2-13(17(21,22)23)27-14-10-7-12(9-3-5-24-6-4-9)26-15(10)25-8-11(14)16(18,19)20/h3,7-8,13,24H,2,4-6H2,1H3,(H2,25,26,27)/t13-/m1/s1. The minimum absolute atomic E-state index is 0.0121. The van der Waals surface area contributed by atoms with Crippen LogP contribution in [0.4, 0.5) is 32.0 Å². The van der Waals surface area contributed by atoms with Gasteiger partial charge in [-0.2, -0.15) is 26.3 Å². The number of rotatable bonds is 4. The molecule has 0 amide bonds. The largest absolute Gasteiger partial charge is 0.419 e. The van der Waals surface area contributed by atoms with Gasteiger partial charge in [-0.25, -0.2) is 4.98 Å². The summed E-state index contributed by atoms with van der Waals surface area (Å²) < 4.78 is 79.6. The number of halogens is 6. The lowest BCUT2D eigenvalue weighted by molar-refractivity contribution is -0.144. The summed E-state index contributed by atoms with van der Waals surface area (Å²) in [5, 5.41) is 5.17. The highest BCUT2D eigenvalue weighted by Crippen LogP contribution is 2.40. The van der Waals surface area contributed by atoms with Crippen LogP contribution in [0.25, 0.3) is 16.6 Å². The summed E-state index contributed by atoms with van der Waals surface area (Å²) in [6.07, 6.45) is -6.81. The number of fused-ring (bicyclic) bond motifs is 1. The SMILES string of the molecule is CC[C@@H](Nc1c(C(F)(F)F)cnc2[nH]c(C3=CCNCC3)cc12)C(F)(F)F. The molecule has 1 atom stereocenters. The van der Waals surface area contributed by atoms with Gasteiger partial charge in [0.1, 0.15) is 11.7 Å². The second-order valence-electron chi connectivity index (χ2n) is 6.32. The Morgan fingerprint density at radius 3 is 2.52 bits per heavy atom. The molecule has 10 heteroatoms. The minimum Gasteiger partial charge on any atom is -0.373 e. The predicted molar refractivity (Wildman–Crippen MR) is 90.3 cm³/mol. The fourth-order valence-electron chi connectivity index (χ4n) is 3.07. The molecule has 4 nitrogen and oxygen atoms in total. The van der Waals surface area contributed by atoms with Crippen LogP contribution in [0.15, 0.2) is 18.3 Å². The normalized spacial score (nSPS) is 17.1. The topological polar surface area (TPSA) is 52.7 Å². The van der Waals surface area contributed by atoms with Crippen LogP contribution in [0.3, 0.4) is 0 Å². The Labute approximate surface area is 151 Å². The van der Waals surface area contributed by atoms with Crippen molar-refractivity contribution in [3.8, 4) is 0 Å². The molecule has 0 aromatic carbocycles. The second-order valence-corrected chi connectivity index (χ2v) is 6.32. The van der Waals surface area contributed by atoms with Crippen LogP contribution in [-0.4, -0.2) is 35.3 Å². The summed E-state index contributed by atoms with van der Waals surface area (Å²) >= 11 is 0. The third kappa shape index (κ3) is 4.05. The van der Waals surface area contributed by atoms with Crippen molar-refractivity contribution in [3.63, 3.8) is 0 Å². The lowest BCUT2D eigenvalue weighted by Crippen LogP contribution is -2.36. The lowest BCUT2D eigenvalue weighted by atomic mass is 10.1. The van der Waals surface area contributed by atoms with E-state index in [2.05, 4.69) is 20.6 Å².